The van der Waals surface area contributed by atoms with Crippen LogP contribution in [-0.4, -0.2) is 49.4 Å². The molecule has 128 valence electrons. The molecule has 0 atom stereocenters. The molecule has 1 fully saturated rings. The fourth-order valence-corrected chi connectivity index (χ4v) is 2.68. The highest BCUT2D eigenvalue weighted by atomic mass is 16.5. The van der Waals surface area contributed by atoms with Gasteiger partial charge in [0, 0.05) is 18.3 Å². The van der Waals surface area contributed by atoms with Crippen LogP contribution in [0.5, 0.6) is 5.88 Å². The molecule has 0 saturated carbocycles. The van der Waals surface area contributed by atoms with Gasteiger partial charge in [-0.3, -0.25) is 0 Å². The van der Waals surface area contributed by atoms with Crippen molar-refractivity contribution in [2.24, 2.45) is 0 Å². The zero-order chi connectivity index (χ0) is 16.6. The summed E-state index contributed by atoms with van der Waals surface area (Å²) in [6, 6.07) is 12.1. The lowest BCUT2D eigenvalue weighted by molar-refractivity contribution is -0.908. The first-order valence-corrected chi connectivity index (χ1v) is 8.47. The number of rotatable bonds is 7. The number of morpholine rings is 1. The molecule has 2 aromatic rings. The fourth-order valence-electron chi connectivity index (χ4n) is 2.68. The number of aromatic nitrogens is 2. The number of anilines is 1. The van der Waals surface area contributed by atoms with E-state index in [1.807, 2.05) is 31.2 Å². The Kier molecular flexibility index (Phi) is 5.98. The number of quaternary nitrogens is 1. The zero-order valence-electron chi connectivity index (χ0n) is 14.1. The van der Waals surface area contributed by atoms with Gasteiger partial charge in [-0.25, -0.2) is 4.98 Å². The van der Waals surface area contributed by atoms with Gasteiger partial charge in [0.25, 0.3) is 0 Å². The van der Waals surface area contributed by atoms with Crippen LogP contribution in [0.15, 0.2) is 36.4 Å². The summed E-state index contributed by atoms with van der Waals surface area (Å²) in [5.74, 6) is 1.23. The van der Waals surface area contributed by atoms with Crippen LogP contribution in [0, 0.1) is 6.92 Å². The molecular formula is C18H25N4O2+. The Labute approximate surface area is 142 Å². The van der Waals surface area contributed by atoms with Crippen LogP contribution in [0.3, 0.4) is 0 Å². The molecule has 1 aliphatic rings. The number of benzene rings is 1. The first-order valence-electron chi connectivity index (χ1n) is 8.47. The summed E-state index contributed by atoms with van der Waals surface area (Å²) in [6.45, 7) is 8.07. The topological polar surface area (TPSA) is 60.7 Å². The minimum Gasteiger partial charge on any atom is -0.472 e. The summed E-state index contributed by atoms with van der Waals surface area (Å²) in [5, 5.41) is 3.26. The monoisotopic (exact) mass is 329 g/mol. The average Bonchev–Trinajstić information content (AvgIpc) is 2.61. The molecule has 1 aliphatic heterocycles. The van der Waals surface area contributed by atoms with Crippen molar-refractivity contribution in [3.63, 3.8) is 0 Å². The van der Waals surface area contributed by atoms with E-state index in [1.54, 1.807) is 0 Å². The van der Waals surface area contributed by atoms with Gasteiger partial charge < -0.3 is 19.7 Å². The molecule has 0 radical (unpaired) electrons. The van der Waals surface area contributed by atoms with Crippen LogP contribution in [0.1, 0.15) is 11.3 Å². The third kappa shape index (κ3) is 5.18. The molecule has 1 aromatic heterocycles. The quantitative estimate of drug-likeness (QED) is 0.783. The summed E-state index contributed by atoms with van der Waals surface area (Å²) in [5.41, 5.74) is 2.09. The van der Waals surface area contributed by atoms with Gasteiger partial charge in [-0.2, -0.15) is 4.98 Å². The zero-order valence-corrected chi connectivity index (χ0v) is 14.1. The van der Waals surface area contributed by atoms with E-state index >= 15 is 0 Å². The van der Waals surface area contributed by atoms with E-state index in [2.05, 4.69) is 27.4 Å². The number of hydrogen-bond acceptors (Lipinski definition) is 5. The Morgan fingerprint density at radius 2 is 1.96 bits per heavy atom. The molecule has 6 heteroatoms. The van der Waals surface area contributed by atoms with Crippen LogP contribution in [0.25, 0.3) is 0 Å². The molecule has 1 aromatic carbocycles. The van der Waals surface area contributed by atoms with E-state index in [1.165, 1.54) is 10.5 Å². The highest BCUT2D eigenvalue weighted by Gasteiger charge is 2.13. The van der Waals surface area contributed by atoms with Crippen LogP contribution in [0.4, 0.5) is 5.95 Å². The Hall–Kier alpha value is -2.18. The third-order valence-corrected chi connectivity index (χ3v) is 4.03. The maximum absolute atomic E-state index is 5.83. The predicted octanol–water partition coefficient (Wildman–Crippen LogP) is 0.691. The lowest BCUT2D eigenvalue weighted by Gasteiger charge is -2.23. The van der Waals surface area contributed by atoms with Crippen LogP contribution in [0.2, 0.25) is 0 Å². The van der Waals surface area contributed by atoms with E-state index in [9.17, 15) is 0 Å². The molecule has 3 rings (SSSR count). The maximum Gasteiger partial charge on any atom is 0.226 e. The second kappa shape index (κ2) is 8.61. The van der Waals surface area contributed by atoms with Gasteiger partial charge in [0.2, 0.25) is 11.8 Å². The standard InChI is InChI=1S/C18H24N4O2/c1-15-13-17(24-12-9-22-7-10-23-11-8-22)21-18(20-15)19-14-16-5-3-2-4-6-16/h2-6,13H,7-12,14H2,1H3,(H,19,20,21)/p+1. The predicted molar refractivity (Wildman–Crippen MR) is 92.4 cm³/mol. The van der Waals surface area contributed by atoms with Crippen LogP contribution in [-0.2, 0) is 11.3 Å². The fraction of sp³-hybridized carbons (Fsp3) is 0.444. The van der Waals surface area contributed by atoms with E-state index < -0.39 is 0 Å². The van der Waals surface area contributed by atoms with Crippen molar-refractivity contribution >= 4 is 5.95 Å². The van der Waals surface area contributed by atoms with E-state index in [0.29, 0.717) is 25.0 Å². The minimum absolute atomic E-state index is 0.604. The Morgan fingerprint density at radius 1 is 1.17 bits per heavy atom. The molecule has 6 nitrogen and oxygen atoms in total. The third-order valence-electron chi connectivity index (χ3n) is 4.03. The van der Waals surface area contributed by atoms with Crippen molar-refractivity contribution in [2.45, 2.75) is 13.5 Å². The molecular weight excluding hydrogens is 304 g/mol. The summed E-state index contributed by atoms with van der Waals surface area (Å²) in [6.07, 6.45) is 0. The van der Waals surface area contributed by atoms with E-state index in [-0.39, 0.29) is 0 Å². The van der Waals surface area contributed by atoms with Gasteiger partial charge in [-0.15, -0.1) is 0 Å². The van der Waals surface area contributed by atoms with Crippen molar-refractivity contribution in [3.05, 3.63) is 47.7 Å². The lowest BCUT2D eigenvalue weighted by atomic mass is 10.2. The van der Waals surface area contributed by atoms with Gasteiger partial charge in [-0.1, -0.05) is 30.3 Å². The molecule has 2 N–H and O–H groups in total. The summed E-state index contributed by atoms with van der Waals surface area (Å²) < 4.78 is 11.2. The highest BCUT2D eigenvalue weighted by Crippen LogP contribution is 2.12. The van der Waals surface area contributed by atoms with Crippen molar-refractivity contribution in [1.29, 1.82) is 0 Å². The molecule has 1 saturated heterocycles. The van der Waals surface area contributed by atoms with Crippen molar-refractivity contribution in [2.75, 3.05) is 44.8 Å². The van der Waals surface area contributed by atoms with Crippen molar-refractivity contribution < 1.29 is 14.4 Å². The number of ether oxygens (including phenoxy) is 2. The lowest BCUT2D eigenvalue weighted by Crippen LogP contribution is -3.14. The smallest absolute Gasteiger partial charge is 0.226 e. The first kappa shape index (κ1) is 16.7. The molecule has 24 heavy (non-hydrogen) atoms. The second-order valence-corrected chi connectivity index (χ2v) is 5.97. The second-order valence-electron chi connectivity index (χ2n) is 5.97. The maximum atomic E-state index is 5.83. The number of nitrogens with one attached hydrogen (secondary N) is 2. The molecule has 0 bridgehead atoms. The van der Waals surface area contributed by atoms with Gasteiger partial charge in [0.05, 0.1) is 13.2 Å². The van der Waals surface area contributed by atoms with Crippen LogP contribution < -0.4 is 15.0 Å². The summed E-state index contributed by atoms with van der Waals surface area (Å²) >= 11 is 0. The SMILES string of the molecule is Cc1cc(OCC[NH+]2CCOCC2)nc(NCc2ccccc2)n1. The first-order chi connectivity index (χ1) is 11.8. The number of hydrogen-bond donors (Lipinski definition) is 2. The Morgan fingerprint density at radius 3 is 2.75 bits per heavy atom. The largest absolute Gasteiger partial charge is 0.472 e. The normalized spacial score (nSPS) is 15.2. The van der Waals surface area contributed by atoms with Gasteiger partial charge in [0.1, 0.15) is 26.2 Å². The molecule has 0 amide bonds. The van der Waals surface area contributed by atoms with Gasteiger partial charge in [-0.05, 0) is 12.5 Å². The Bertz CT molecular complexity index is 630. The highest BCUT2D eigenvalue weighted by molar-refractivity contribution is 5.32. The van der Waals surface area contributed by atoms with Gasteiger partial charge >= 0.3 is 0 Å². The van der Waals surface area contributed by atoms with E-state index in [4.69, 9.17) is 9.47 Å². The number of aryl methyl sites for hydroxylation is 1. The van der Waals surface area contributed by atoms with Crippen LogP contribution >= 0.6 is 0 Å². The van der Waals surface area contributed by atoms with Crippen molar-refractivity contribution in [3.8, 4) is 5.88 Å². The summed E-state index contributed by atoms with van der Waals surface area (Å²) in [4.78, 5) is 10.4. The molecule has 0 spiro atoms. The molecule has 0 unspecified atom stereocenters. The summed E-state index contributed by atoms with van der Waals surface area (Å²) in [7, 11) is 0. The average molecular weight is 329 g/mol. The Balaban J connectivity index is 1.51. The van der Waals surface area contributed by atoms with Crippen molar-refractivity contribution in [1.82, 2.24) is 9.97 Å². The molecule has 0 aliphatic carbocycles. The minimum atomic E-state index is 0.604. The molecule has 2 heterocycles. The van der Waals surface area contributed by atoms with Gasteiger partial charge in [0.15, 0.2) is 0 Å². The van der Waals surface area contributed by atoms with E-state index in [0.717, 1.165) is 38.5 Å². The number of nitrogens with zero attached hydrogens (tertiary/aromatic N) is 2.